The van der Waals surface area contributed by atoms with Crippen molar-refractivity contribution in [1.82, 2.24) is 4.98 Å². The van der Waals surface area contributed by atoms with Crippen LogP contribution in [0.2, 0.25) is 0 Å². The van der Waals surface area contributed by atoms with Crippen LogP contribution >= 0.6 is 0 Å². The first-order valence-corrected chi connectivity index (χ1v) is 10.1. The van der Waals surface area contributed by atoms with E-state index >= 15 is 0 Å². The lowest BCUT2D eigenvalue weighted by molar-refractivity contribution is 0.101. The Morgan fingerprint density at radius 2 is 1.09 bits per heavy atom. The average Bonchev–Trinajstić information content (AvgIpc) is 2.84. The summed E-state index contributed by atoms with van der Waals surface area (Å²) in [6, 6.07) is 30.6. The van der Waals surface area contributed by atoms with Gasteiger partial charge in [0.15, 0.2) is 0 Å². The number of anilines is 2. The third-order valence-corrected chi connectivity index (χ3v) is 4.60. The quantitative estimate of drug-likeness (QED) is 0.430. The van der Waals surface area contributed by atoms with Gasteiger partial charge in [0.25, 0.3) is 11.8 Å². The fourth-order valence-corrected chi connectivity index (χ4v) is 3.01. The molecule has 1 heterocycles. The van der Waals surface area contributed by atoms with Gasteiger partial charge in [0.05, 0.1) is 0 Å². The minimum atomic E-state index is -0.307. The predicted octanol–water partition coefficient (Wildman–Crippen LogP) is 5.17. The molecule has 0 spiro atoms. The van der Waals surface area contributed by atoms with Crippen LogP contribution in [0.25, 0.3) is 0 Å². The van der Waals surface area contributed by atoms with E-state index in [1.54, 1.807) is 60.7 Å². The number of hydrogen-bond donors (Lipinski definition) is 2. The highest BCUT2D eigenvalue weighted by atomic mass is 16.5. The van der Waals surface area contributed by atoms with Crippen molar-refractivity contribution in [2.45, 2.75) is 6.61 Å². The van der Waals surface area contributed by atoms with E-state index in [9.17, 15) is 9.59 Å². The van der Waals surface area contributed by atoms with E-state index in [1.807, 2.05) is 42.5 Å². The molecular weight excluding hydrogens is 402 g/mol. The number of aromatic nitrogens is 1. The number of ether oxygens (including phenoxy) is 1. The SMILES string of the molecule is O=C(Nc1cc(OCc2ccccc2)cc(NC(=O)c2ccccc2)n1)c1ccccc1. The molecule has 0 aliphatic rings. The average molecular weight is 423 g/mol. The summed E-state index contributed by atoms with van der Waals surface area (Å²) >= 11 is 0. The summed E-state index contributed by atoms with van der Waals surface area (Å²) in [7, 11) is 0. The molecule has 0 atom stereocenters. The normalized spacial score (nSPS) is 10.2. The summed E-state index contributed by atoms with van der Waals surface area (Å²) in [4.78, 5) is 29.5. The number of rotatable bonds is 7. The van der Waals surface area contributed by atoms with Gasteiger partial charge in [-0.1, -0.05) is 66.7 Å². The highest BCUT2D eigenvalue weighted by molar-refractivity contribution is 6.05. The van der Waals surface area contributed by atoms with Gasteiger partial charge in [0.1, 0.15) is 24.0 Å². The van der Waals surface area contributed by atoms with Crippen molar-refractivity contribution < 1.29 is 14.3 Å². The van der Waals surface area contributed by atoms with Crippen LogP contribution in [-0.4, -0.2) is 16.8 Å². The van der Waals surface area contributed by atoms with Gasteiger partial charge in [0, 0.05) is 23.3 Å². The number of amides is 2. The number of benzene rings is 3. The van der Waals surface area contributed by atoms with E-state index in [2.05, 4.69) is 15.6 Å². The molecule has 3 aromatic carbocycles. The molecule has 0 bridgehead atoms. The molecule has 0 fully saturated rings. The molecule has 32 heavy (non-hydrogen) atoms. The predicted molar refractivity (Wildman–Crippen MR) is 124 cm³/mol. The summed E-state index contributed by atoms with van der Waals surface area (Å²) in [5.41, 5.74) is 1.99. The Morgan fingerprint density at radius 3 is 1.56 bits per heavy atom. The van der Waals surface area contributed by atoms with Gasteiger partial charge in [-0.05, 0) is 29.8 Å². The first-order chi connectivity index (χ1) is 15.7. The van der Waals surface area contributed by atoms with Crippen molar-refractivity contribution in [3.05, 3.63) is 120 Å². The third-order valence-electron chi connectivity index (χ3n) is 4.60. The minimum Gasteiger partial charge on any atom is -0.489 e. The van der Waals surface area contributed by atoms with E-state index in [0.29, 0.717) is 23.5 Å². The maximum atomic E-state index is 12.6. The van der Waals surface area contributed by atoms with Crippen molar-refractivity contribution >= 4 is 23.5 Å². The second kappa shape index (κ2) is 10.0. The molecule has 158 valence electrons. The molecule has 6 nitrogen and oxygen atoms in total. The van der Waals surface area contributed by atoms with Crippen LogP contribution < -0.4 is 15.4 Å². The summed E-state index contributed by atoms with van der Waals surface area (Å²) in [5, 5.41) is 5.54. The largest absolute Gasteiger partial charge is 0.489 e. The van der Waals surface area contributed by atoms with Gasteiger partial charge in [-0.25, -0.2) is 4.98 Å². The molecule has 2 N–H and O–H groups in total. The van der Waals surface area contributed by atoms with E-state index in [0.717, 1.165) is 5.56 Å². The lowest BCUT2D eigenvalue weighted by atomic mass is 10.2. The van der Waals surface area contributed by atoms with Crippen molar-refractivity contribution in [3.63, 3.8) is 0 Å². The first-order valence-electron chi connectivity index (χ1n) is 10.1. The van der Waals surface area contributed by atoms with Gasteiger partial charge in [-0.15, -0.1) is 0 Å². The maximum absolute atomic E-state index is 12.6. The fraction of sp³-hybridized carbons (Fsp3) is 0.0385. The lowest BCUT2D eigenvalue weighted by Crippen LogP contribution is -2.16. The van der Waals surface area contributed by atoms with Crippen LogP contribution in [0, 0.1) is 0 Å². The molecule has 1 aromatic heterocycles. The van der Waals surface area contributed by atoms with Crippen molar-refractivity contribution in [2.75, 3.05) is 10.6 Å². The standard InChI is InChI=1S/C26H21N3O3/c30-25(20-12-6-2-7-13-20)28-23-16-22(32-18-19-10-4-1-5-11-19)17-24(27-23)29-26(31)21-14-8-3-9-15-21/h1-17H,18H2,(H2,27,28,29,30,31). The molecule has 0 radical (unpaired) electrons. The van der Waals surface area contributed by atoms with Gasteiger partial charge >= 0.3 is 0 Å². The Labute approximate surface area is 185 Å². The number of nitrogens with zero attached hydrogens (tertiary/aromatic N) is 1. The topological polar surface area (TPSA) is 80.3 Å². The molecule has 4 aromatic rings. The lowest BCUT2D eigenvalue weighted by Gasteiger charge is -2.12. The smallest absolute Gasteiger partial charge is 0.256 e. The molecule has 6 heteroatoms. The third kappa shape index (κ3) is 5.58. The van der Waals surface area contributed by atoms with Crippen molar-refractivity contribution in [2.24, 2.45) is 0 Å². The van der Waals surface area contributed by atoms with Gasteiger partial charge in [-0.2, -0.15) is 0 Å². The monoisotopic (exact) mass is 423 g/mol. The van der Waals surface area contributed by atoms with Gasteiger partial charge in [0.2, 0.25) is 0 Å². The number of hydrogen-bond acceptors (Lipinski definition) is 4. The zero-order valence-electron chi connectivity index (χ0n) is 17.2. The maximum Gasteiger partial charge on any atom is 0.256 e. The molecule has 2 amide bonds. The fourth-order valence-electron chi connectivity index (χ4n) is 3.01. The second-order valence-corrected chi connectivity index (χ2v) is 6.99. The molecule has 0 saturated carbocycles. The number of carbonyl (C=O) groups excluding carboxylic acids is 2. The number of carbonyl (C=O) groups is 2. The molecular formula is C26H21N3O3. The molecule has 0 unspecified atom stereocenters. The Morgan fingerprint density at radius 1 is 0.656 bits per heavy atom. The van der Waals surface area contributed by atoms with Crippen molar-refractivity contribution in [1.29, 1.82) is 0 Å². The highest BCUT2D eigenvalue weighted by Crippen LogP contribution is 2.23. The molecule has 0 aliphatic carbocycles. The Hall–Kier alpha value is -4.45. The summed E-state index contributed by atoms with van der Waals surface area (Å²) in [5.74, 6) is 0.397. The summed E-state index contributed by atoms with van der Waals surface area (Å²) < 4.78 is 5.91. The summed E-state index contributed by atoms with van der Waals surface area (Å²) in [6.45, 7) is 0.336. The molecule has 0 aliphatic heterocycles. The Kier molecular flexibility index (Phi) is 6.53. The Balaban J connectivity index is 1.57. The van der Waals surface area contributed by atoms with E-state index in [-0.39, 0.29) is 23.5 Å². The van der Waals surface area contributed by atoms with Gasteiger partial charge < -0.3 is 15.4 Å². The summed E-state index contributed by atoms with van der Waals surface area (Å²) in [6.07, 6.45) is 0. The highest BCUT2D eigenvalue weighted by Gasteiger charge is 2.12. The Bertz CT molecular complexity index is 1130. The first kappa shape index (κ1) is 20.8. The zero-order chi connectivity index (χ0) is 22.2. The molecule has 0 saturated heterocycles. The van der Waals surface area contributed by atoms with E-state index < -0.39 is 0 Å². The molecule has 4 rings (SSSR count). The van der Waals surface area contributed by atoms with E-state index in [4.69, 9.17) is 4.74 Å². The zero-order valence-corrected chi connectivity index (χ0v) is 17.2. The van der Waals surface area contributed by atoms with Gasteiger partial charge in [-0.3, -0.25) is 9.59 Å². The number of pyridine rings is 1. The van der Waals surface area contributed by atoms with Crippen molar-refractivity contribution in [3.8, 4) is 5.75 Å². The van der Waals surface area contributed by atoms with E-state index in [1.165, 1.54) is 0 Å². The number of nitrogens with one attached hydrogen (secondary N) is 2. The van der Waals surface area contributed by atoms with Crippen LogP contribution in [0.5, 0.6) is 5.75 Å². The van der Waals surface area contributed by atoms with Crippen LogP contribution in [0.15, 0.2) is 103 Å². The van der Waals surface area contributed by atoms with Crippen LogP contribution in [-0.2, 0) is 6.61 Å². The van der Waals surface area contributed by atoms with Crippen LogP contribution in [0.3, 0.4) is 0 Å². The van der Waals surface area contributed by atoms with Crippen LogP contribution in [0.1, 0.15) is 26.3 Å². The minimum absolute atomic E-state index is 0.271. The van der Waals surface area contributed by atoms with Crippen LogP contribution in [0.4, 0.5) is 11.6 Å². The second-order valence-electron chi connectivity index (χ2n) is 6.99.